The van der Waals surface area contributed by atoms with Crippen LogP contribution >= 0.6 is 0 Å². The molecular weight excluding hydrogens is 270 g/mol. The zero-order valence-electron chi connectivity index (χ0n) is 12.1. The van der Waals surface area contributed by atoms with Crippen molar-refractivity contribution in [2.24, 2.45) is 11.7 Å². The number of aryl methyl sites for hydroxylation is 1. The maximum absolute atomic E-state index is 11.1. The Bertz CT molecular complexity index is 447. The van der Waals surface area contributed by atoms with Crippen molar-refractivity contribution in [3.8, 4) is 0 Å². The Labute approximate surface area is 124 Å². The van der Waals surface area contributed by atoms with Gasteiger partial charge in [-0.15, -0.1) is 0 Å². The number of nitrogens with two attached hydrogens (primary N) is 1. The van der Waals surface area contributed by atoms with Crippen molar-refractivity contribution in [2.75, 3.05) is 0 Å². The molecule has 0 unspecified atom stereocenters. The van der Waals surface area contributed by atoms with Crippen LogP contribution in [0.15, 0.2) is 30.3 Å². The zero-order valence-corrected chi connectivity index (χ0v) is 12.1. The van der Waals surface area contributed by atoms with E-state index in [-0.39, 0.29) is 6.42 Å². The first kappa shape index (κ1) is 17.2. The van der Waals surface area contributed by atoms with Gasteiger partial charge in [-0.05, 0) is 31.2 Å². The fourth-order valence-electron chi connectivity index (χ4n) is 2.29. The van der Waals surface area contributed by atoms with Crippen LogP contribution in [-0.2, 0) is 16.0 Å². The van der Waals surface area contributed by atoms with E-state index in [2.05, 4.69) is 12.1 Å². The van der Waals surface area contributed by atoms with E-state index >= 15 is 0 Å². The maximum Gasteiger partial charge on any atom is 0.320 e. The molecule has 0 bridgehead atoms. The topological polar surface area (TPSA) is 101 Å². The molecule has 0 spiro atoms. The molecule has 1 aromatic carbocycles. The van der Waals surface area contributed by atoms with E-state index in [4.69, 9.17) is 15.9 Å². The van der Waals surface area contributed by atoms with E-state index in [0.717, 1.165) is 25.7 Å². The fourth-order valence-corrected chi connectivity index (χ4v) is 2.29. The third-order valence-electron chi connectivity index (χ3n) is 3.57. The number of hydrogen-bond donors (Lipinski definition) is 3. The molecule has 2 atom stereocenters. The molecule has 116 valence electrons. The standard InChI is InChI=1S/C16H23NO4/c17-14(16(20)21)11-13(15(18)19)10-6-2-5-9-12-7-3-1-4-8-12/h1,3-4,7-8,13-14H,2,5-6,9-11,17H2,(H,18,19)(H,20,21)/t13-,14+/m1/s1. The molecule has 0 amide bonds. The zero-order chi connectivity index (χ0) is 15.7. The number of carboxylic acid groups (broad SMARTS) is 2. The summed E-state index contributed by atoms with van der Waals surface area (Å²) in [5.74, 6) is -2.78. The number of carbonyl (C=O) groups is 2. The molecule has 1 aromatic rings. The van der Waals surface area contributed by atoms with E-state index in [1.165, 1.54) is 5.56 Å². The van der Waals surface area contributed by atoms with Crippen LogP contribution in [0.25, 0.3) is 0 Å². The van der Waals surface area contributed by atoms with Gasteiger partial charge >= 0.3 is 11.9 Å². The fraction of sp³-hybridized carbons (Fsp3) is 0.500. The van der Waals surface area contributed by atoms with Crippen LogP contribution in [0.2, 0.25) is 0 Å². The monoisotopic (exact) mass is 293 g/mol. The van der Waals surface area contributed by atoms with E-state index in [9.17, 15) is 9.59 Å². The lowest BCUT2D eigenvalue weighted by molar-refractivity contribution is -0.143. The highest BCUT2D eigenvalue weighted by molar-refractivity contribution is 5.75. The molecule has 0 saturated carbocycles. The molecule has 0 saturated heterocycles. The van der Waals surface area contributed by atoms with Crippen LogP contribution in [0.5, 0.6) is 0 Å². The summed E-state index contributed by atoms with van der Waals surface area (Å²) in [6, 6.07) is 9.03. The third-order valence-corrected chi connectivity index (χ3v) is 3.57. The van der Waals surface area contributed by atoms with Crippen molar-refractivity contribution in [1.29, 1.82) is 0 Å². The maximum atomic E-state index is 11.1. The summed E-state index contributed by atoms with van der Waals surface area (Å²) in [4.78, 5) is 21.8. The van der Waals surface area contributed by atoms with Crippen LogP contribution < -0.4 is 5.73 Å². The van der Waals surface area contributed by atoms with Crippen LogP contribution in [0.3, 0.4) is 0 Å². The molecule has 0 radical (unpaired) electrons. The molecule has 0 aromatic heterocycles. The Balaban J connectivity index is 2.24. The highest BCUT2D eigenvalue weighted by Crippen LogP contribution is 2.17. The van der Waals surface area contributed by atoms with Crippen molar-refractivity contribution >= 4 is 11.9 Å². The van der Waals surface area contributed by atoms with E-state index < -0.39 is 23.9 Å². The molecule has 0 aliphatic rings. The predicted octanol–water partition coefficient (Wildman–Crippen LogP) is 2.29. The molecule has 0 fully saturated rings. The van der Waals surface area contributed by atoms with Gasteiger partial charge in [-0.25, -0.2) is 0 Å². The van der Waals surface area contributed by atoms with Gasteiger partial charge in [-0.1, -0.05) is 43.2 Å². The van der Waals surface area contributed by atoms with Crippen molar-refractivity contribution in [3.63, 3.8) is 0 Å². The second kappa shape index (κ2) is 9.13. The van der Waals surface area contributed by atoms with Gasteiger partial charge in [0.15, 0.2) is 0 Å². The van der Waals surface area contributed by atoms with Gasteiger partial charge < -0.3 is 15.9 Å². The van der Waals surface area contributed by atoms with Crippen LogP contribution in [-0.4, -0.2) is 28.2 Å². The molecule has 0 aliphatic carbocycles. The number of benzene rings is 1. The lowest BCUT2D eigenvalue weighted by Gasteiger charge is -2.14. The SMILES string of the molecule is N[C@@H](C[C@@H](CCCCCc1ccccc1)C(=O)O)C(=O)O. The molecule has 5 heteroatoms. The summed E-state index contributed by atoms with van der Waals surface area (Å²) in [6.45, 7) is 0. The Morgan fingerprint density at radius 2 is 1.67 bits per heavy atom. The van der Waals surface area contributed by atoms with Gasteiger partial charge in [0.1, 0.15) is 6.04 Å². The third kappa shape index (κ3) is 6.90. The number of rotatable bonds is 10. The van der Waals surface area contributed by atoms with Crippen LogP contribution in [0.4, 0.5) is 0 Å². The van der Waals surface area contributed by atoms with Crippen molar-refractivity contribution in [2.45, 2.75) is 44.6 Å². The number of carboxylic acids is 2. The first-order valence-corrected chi connectivity index (χ1v) is 7.26. The molecule has 21 heavy (non-hydrogen) atoms. The van der Waals surface area contributed by atoms with E-state index in [1.54, 1.807) is 0 Å². The second-order valence-electron chi connectivity index (χ2n) is 5.30. The highest BCUT2D eigenvalue weighted by Gasteiger charge is 2.23. The minimum Gasteiger partial charge on any atom is -0.481 e. The first-order chi connectivity index (χ1) is 10.0. The van der Waals surface area contributed by atoms with Gasteiger partial charge in [-0.3, -0.25) is 9.59 Å². The van der Waals surface area contributed by atoms with Crippen LogP contribution in [0, 0.1) is 5.92 Å². The van der Waals surface area contributed by atoms with Gasteiger partial charge in [0.25, 0.3) is 0 Å². The number of hydrogen-bond acceptors (Lipinski definition) is 3. The summed E-state index contributed by atoms with van der Waals surface area (Å²) in [7, 11) is 0. The quantitative estimate of drug-likeness (QED) is 0.575. The largest absolute Gasteiger partial charge is 0.481 e. The first-order valence-electron chi connectivity index (χ1n) is 7.26. The normalized spacial score (nSPS) is 13.6. The Morgan fingerprint density at radius 3 is 2.24 bits per heavy atom. The highest BCUT2D eigenvalue weighted by atomic mass is 16.4. The summed E-state index contributed by atoms with van der Waals surface area (Å²) < 4.78 is 0. The van der Waals surface area contributed by atoms with Crippen molar-refractivity contribution < 1.29 is 19.8 Å². The number of unbranched alkanes of at least 4 members (excludes halogenated alkanes) is 2. The summed E-state index contributed by atoms with van der Waals surface area (Å²) >= 11 is 0. The molecular formula is C16H23NO4. The van der Waals surface area contributed by atoms with Crippen molar-refractivity contribution in [3.05, 3.63) is 35.9 Å². The smallest absolute Gasteiger partial charge is 0.320 e. The second-order valence-corrected chi connectivity index (χ2v) is 5.30. The van der Waals surface area contributed by atoms with E-state index in [0.29, 0.717) is 6.42 Å². The van der Waals surface area contributed by atoms with Gasteiger partial charge in [-0.2, -0.15) is 0 Å². The minimum absolute atomic E-state index is 0.0106. The van der Waals surface area contributed by atoms with Gasteiger partial charge in [0.2, 0.25) is 0 Å². The lowest BCUT2D eigenvalue weighted by Crippen LogP contribution is -2.34. The molecule has 0 aliphatic heterocycles. The van der Waals surface area contributed by atoms with Gasteiger partial charge in [0, 0.05) is 0 Å². The summed E-state index contributed by atoms with van der Waals surface area (Å²) in [5.41, 5.74) is 6.68. The molecule has 0 heterocycles. The average Bonchev–Trinajstić information content (AvgIpc) is 2.46. The Kier molecular flexibility index (Phi) is 7.46. The predicted molar refractivity (Wildman–Crippen MR) is 80.0 cm³/mol. The van der Waals surface area contributed by atoms with E-state index in [1.807, 2.05) is 18.2 Å². The average molecular weight is 293 g/mol. The summed E-state index contributed by atoms with van der Waals surface area (Å²) in [6.07, 6.45) is 4.15. The Hall–Kier alpha value is -1.88. The molecule has 5 nitrogen and oxygen atoms in total. The number of aliphatic carboxylic acids is 2. The Morgan fingerprint density at radius 1 is 1.00 bits per heavy atom. The van der Waals surface area contributed by atoms with Crippen molar-refractivity contribution in [1.82, 2.24) is 0 Å². The summed E-state index contributed by atoms with van der Waals surface area (Å²) in [5, 5.41) is 17.8. The van der Waals surface area contributed by atoms with Gasteiger partial charge in [0.05, 0.1) is 5.92 Å². The minimum atomic E-state index is -1.15. The lowest BCUT2D eigenvalue weighted by atomic mass is 9.93. The molecule has 1 rings (SSSR count). The molecule has 4 N–H and O–H groups in total. The van der Waals surface area contributed by atoms with Crippen LogP contribution in [0.1, 0.15) is 37.7 Å².